The van der Waals surface area contributed by atoms with E-state index in [1.807, 2.05) is 0 Å². The van der Waals surface area contributed by atoms with E-state index in [4.69, 9.17) is 5.14 Å². The molecule has 0 aliphatic rings. The first-order chi connectivity index (χ1) is 11.4. The molecule has 1 aromatic heterocycles. The molecule has 4 N–H and O–H groups in total. The lowest BCUT2D eigenvalue weighted by atomic mass is 10.1. The normalized spacial score (nSPS) is 11.5. The Morgan fingerprint density at radius 2 is 1.92 bits per heavy atom. The number of carbonyl (C=O) groups excluding carboxylic acids is 1. The number of nitrogens with one attached hydrogen (secondary N) is 2. The minimum atomic E-state index is -3.68. The summed E-state index contributed by atoms with van der Waals surface area (Å²) in [4.78, 5) is 19.3. The Hall–Kier alpha value is -2.71. The molecule has 0 atom stereocenters. The zero-order chi connectivity index (χ0) is 17.2. The summed E-state index contributed by atoms with van der Waals surface area (Å²) in [5.41, 5.74) is 3.07. The molecule has 3 aromatic rings. The molecule has 0 saturated heterocycles. The fourth-order valence-electron chi connectivity index (χ4n) is 2.35. The maximum atomic E-state index is 12.1. The van der Waals surface area contributed by atoms with Crippen LogP contribution in [0.3, 0.4) is 0 Å². The number of amides is 1. The summed E-state index contributed by atoms with van der Waals surface area (Å²) in [6, 6.07) is 11.5. The molecule has 2 aromatic carbocycles. The van der Waals surface area contributed by atoms with Crippen LogP contribution in [0.25, 0.3) is 11.0 Å². The van der Waals surface area contributed by atoms with Crippen molar-refractivity contribution in [2.24, 2.45) is 5.14 Å². The lowest BCUT2D eigenvalue weighted by Gasteiger charge is -2.06. The van der Waals surface area contributed by atoms with E-state index in [9.17, 15) is 13.2 Å². The molecule has 8 heteroatoms. The molecule has 124 valence electrons. The lowest BCUT2D eigenvalue weighted by Crippen LogP contribution is -2.25. The molecule has 0 aliphatic carbocycles. The molecular formula is C16H16N4O3S. The smallest absolute Gasteiger partial charge is 0.251 e. The van der Waals surface area contributed by atoms with Gasteiger partial charge < -0.3 is 10.3 Å². The molecule has 24 heavy (non-hydrogen) atoms. The number of hydrogen-bond donors (Lipinski definition) is 3. The maximum Gasteiger partial charge on any atom is 0.251 e. The third kappa shape index (κ3) is 3.61. The fraction of sp³-hybridized carbons (Fsp3) is 0.125. The summed E-state index contributed by atoms with van der Waals surface area (Å²) in [5.74, 6) is -0.173. The Bertz CT molecular complexity index is 978. The average molecular weight is 344 g/mol. The van der Waals surface area contributed by atoms with Crippen molar-refractivity contribution in [2.75, 3.05) is 6.54 Å². The first-order valence-corrected chi connectivity index (χ1v) is 8.81. The molecule has 0 aliphatic heterocycles. The van der Waals surface area contributed by atoms with Gasteiger partial charge in [-0.1, -0.05) is 12.1 Å². The van der Waals surface area contributed by atoms with Crippen LogP contribution < -0.4 is 10.5 Å². The van der Waals surface area contributed by atoms with Crippen molar-refractivity contribution < 1.29 is 13.2 Å². The van der Waals surface area contributed by atoms with Gasteiger partial charge in [-0.05, 0) is 42.3 Å². The van der Waals surface area contributed by atoms with Crippen LogP contribution >= 0.6 is 0 Å². The van der Waals surface area contributed by atoms with Crippen LogP contribution in [0.1, 0.15) is 15.9 Å². The fourth-order valence-corrected chi connectivity index (χ4v) is 2.86. The van der Waals surface area contributed by atoms with Crippen molar-refractivity contribution in [1.29, 1.82) is 0 Å². The monoisotopic (exact) mass is 344 g/mol. The van der Waals surface area contributed by atoms with E-state index in [1.165, 1.54) is 12.1 Å². The lowest BCUT2D eigenvalue weighted by molar-refractivity contribution is 0.0954. The second kappa shape index (κ2) is 6.42. The number of nitrogens with two attached hydrogens (primary N) is 1. The molecule has 3 rings (SSSR count). The van der Waals surface area contributed by atoms with Gasteiger partial charge in [-0.3, -0.25) is 4.79 Å². The molecule has 7 nitrogen and oxygen atoms in total. The van der Waals surface area contributed by atoms with E-state index >= 15 is 0 Å². The Labute approximate surface area is 139 Å². The number of aromatic nitrogens is 2. The summed E-state index contributed by atoms with van der Waals surface area (Å²) in [6.45, 7) is 0.439. The van der Waals surface area contributed by atoms with Crippen molar-refractivity contribution in [1.82, 2.24) is 15.3 Å². The number of carbonyl (C=O) groups is 1. The quantitative estimate of drug-likeness (QED) is 0.644. The molecule has 0 radical (unpaired) electrons. The van der Waals surface area contributed by atoms with Gasteiger partial charge in [-0.25, -0.2) is 18.5 Å². The Morgan fingerprint density at radius 3 is 2.62 bits per heavy atom. The molecule has 1 amide bonds. The van der Waals surface area contributed by atoms with Gasteiger partial charge in [0, 0.05) is 12.1 Å². The zero-order valence-electron chi connectivity index (χ0n) is 12.7. The molecule has 0 saturated carbocycles. The number of rotatable bonds is 5. The Balaban J connectivity index is 1.58. The number of fused-ring (bicyclic) bond motifs is 1. The van der Waals surface area contributed by atoms with Gasteiger partial charge in [0.2, 0.25) is 10.0 Å². The highest BCUT2D eigenvalue weighted by Gasteiger charge is 2.08. The van der Waals surface area contributed by atoms with E-state index in [1.54, 1.807) is 36.7 Å². The van der Waals surface area contributed by atoms with Gasteiger partial charge in [-0.15, -0.1) is 0 Å². The van der Waals surface area contributed by atoms with E-state index in [0.29, 0.717) is 18.5 Å². The van der Waals surface area contributed by atoms with Crippen LogP contribution in [0.5, 0.6) is 0 Å². The highest BCUT2D eigenvalue weighted by atomic mass is 32.2. The van der Waals surface area contributed by atoms with Crippen LogP contribution in [-0.4, -0.2) is 30.8 Å². The second-order valence-corrected chi connectivity index (χ2v) is 6.89. The van der Waals surface area contributed by atoms with Crippen LogP contribution in [0.2, 0.25) is 0 Å². The highest BCUT2D eigenvalue weighted by Crippen LogP contribution is 2.12. The largest absolute Gasteiger partial charge is 0.352 e. The summed E-state index contributed by atoms with van der Waals surface area (Å²) >= 11 is 0. The number of primary sulfonamides is 1. The third-order valence-electron chi connectivity index (χ3n) is 3.63. The first-order valence-electron chi connectivity index (χ1n) is 7.26. The number of nitrogens with zero attached hydrogens (tertiary/aromatic N) is 1. The van der Waals surface area contributed by atoms with Gasteiger partial charge in [-0.2, -0.15) is 0 Å². The predicted molar refractivity (Wildman–Crippen MR) is 89.9 cm³/mol. The topological polar surface area (TPSA) is 118 Å². The molecular weight excluding hydrogens is 328 g/mol. The van der Waals surface area contributed by atoms with Gasteiger partial charge in [0.1, 0.15) is 0 Å². The first kappa shape index (κ1) is 16.2. The van der Waals surface area contributed by atoms with E-state index in [0.717, 1.165) is 16.6 Å². The highest BCUT2D eigenvalue weighted by molar-refractivity contribution is 7.89. The Kier molecular flexibility index (Phi) is 4.32. The van der Waals surface area contributed by atoms with E-state index < -0.39 is 10.0 Å². The van der Waals surface area contributed by atoms with Gasteiger partial charge in [0.05, 0.1) is 22.3 Å². The molecule has 0 unspecified atom stereocenters. The second-order valence-electron chi connectivity index (χ2n) is 5.33. The predicted octanol–water partition coefficient (Wildman–Crippen LogP) is 1.18. The molecule has 0 fully saturated rings. The van der Waals surface area contributed by atoms with Crippen molar-refractivity contribution in [2.45, 2.75) is 11.3 Å². The van der Waals surface area contributed by atoms with Gasteiger partial charge in [0.25, 0.3) is 5.91 Å². The number of H-pyrrole nitrogens is 1. The van der Waals surface area contributed by atoms with Crippen molar-refractivity contribution in [3.8, 4) is 0 Å². The van der Waals surface area contributed by atoms with Crippen LogP contribution in [0.15, 0.2) is 53.7 Å². The van der Waals surface area contributed by atoms with Gasteiger partial charge in [0.15, 0.2) is 0 Å². The SMILES string of the molecule is NS(=O)(=O)c1ccc(CCNC(=O)c2ccc3nc[nH]c3c2)cc1. The zero-order valence-corrected chi connectivity index (χ0v) is 13.5. The van der Waals surface area contributed by atoms with Crippen LogP contribution in [0, 0.1) is 0 Å². The number of aromatic amines is 1. The number of imidazole rings is 1. The standard InChI is InChI=1S/C16H16N4O3S/c17-24(22,23)13-4-1-11(2-5-13)7-8-18-16(21)12-3-6-14-15(9-12)20-10-19-14/h1-6,9-10H,7-8H2,(H,18,21)(H,19,20)(H2,17,22,23). The summed E-state index contributed by atoms with van der Waals surface area (Å²) < 4.78 is 22.4. The minimum Gasteiger partial charge on any atom is -0.352 e. The summed E-state index contributed by atoms with van der Waals surface area (Å²) in [5, 5.41) is 7.88. The van der Waals surface area contributed by atoms with Crippen molar-refractivity contribution in [3.05, 3.63) is 59.9 Å². The minimum absolute atomic E-state index is 0.0724. The third-order valence-corrected chi connectivity index (χ3v) is 4.56. The number of benzene rings is 2. The number of hydrogen-bond acceptors (Lipinski definition) is 4. The van der Waals surface area contributed by atoms with Crippen LogP contribution in [0.4, 0.5) is 0 Å². The van der Waals surface area contributed by atoms with Crippen molar-refractivity contribution >= 4 is 27.0 Å². The molecule has 0 spiro atoms. The van der Waals surface area contributed by atoms with Crippen LogP contribution in [-0.2, 0) is 16.4 Å². The van der Waals surface area contributed by atoms with E-state index in [-0.39, 0.29) is 10.8 Å². The summed E-state index contributed by atoms with van der Waals surface area (Å²) in [6.07, 6.45) is 2.17. The van der Waals surface area contributed by atoms with Gasteiger partial charge >= 0.3 is 0 Å². The molecule has 0 bridgehead atoms. The average Bonchev–Trinajstić information content (AvgIpc) is 3.02. The maximum absolute atomic E-state index is 12.1. The summed E-state index contributed by atoms with van der Waals surface area (Å²) in [7, 11) is -3.68. The molecule has 1 heterocycles. The number of sulfonamides is 1. The van der Waals surface area contributed by atoms with Crippen molar-refractivity contribution in [3.63, 3.8) is 0 Å². The van der Waals surface area contributed by atoms with E-state index in [2.05, 4.69) is 15.3 Å². The Morgan fingerprint density at radius 1 is 1.17 bits per heavy atom.